The van der Waals surface area contributed by atoms with Crippen LogP contribution in [0.5, 0.6) is 5.75 Å². The first kappa shape index (κ1) is 25.2. The topological polar surface area (TPSA) is 97.3 Å². The normalized spacial score (nSPS) is 14.8. The molecule has 3 N–H and O–H groups in total. The van der Waals surface area contributed by atoms with E-state index in [-0.39, 0.29) is 41.2 Å². The molecule has 8 nitrogen and oxygen atoms in total. The van der Waals surface area contributed by atoms with Crippen molar-refractivity contribution in [2.24, 2.45) is 4.99 Å². The van der Waals surface area contributed by atoms with Gasteiger partial charge in [0.05, 0.1) is 10.6 Å². The van der Waals surface area contributed by atoms with E-state index in [4.69, 9.17) is 0 Å². The van der Waals surface area contributed by atoms with Crippen LogP contribution in [-0.2, 0) is 10.0 Å². The molecular formula is C21H30IN5O3S. The fourth-order valence-corrected chi connectivity index (χ4v) is 4.42. The van der Waals surface area contributed by atoms with Crippen LogP contribution in [0.1, 0.15) is 5.56 Å². The lowest BCUT2D eigenvalue weighted by Crippen LogP contribution is -2.53. The number of anilines is 1. The van der Waals surface area contributed by atoms with Crippen LogP contribution in [0, 0.1) is 6.92 Å². The monoisotopic (exact) mass is 559 g/mol. The molecular weight excluding hydrogens is 529 g/mol. The predicted molar refractivity (Wildman–Crippen MR) is 135 cm³/mol. The molecule has 1 saturated heterocycles. The number of aliphatic imine (C=N–C) groups is 1. The number of halogens is 1. The molecule has 170 valence electrons. The van der Waals surface area contributed by atoms with Crippen molar-refractivity contribution in [2.75, 3.05) is 51.2 Å². The molecule has 1 heterocycles. The Bertz CT molecular complexity index is 975. The van der Waals surface area contributed by atoms with E-state index in [0.717, 1.165) is 43.4 Å². The zero-order valence-electron chi connectivity index (χ0n) is 17.8. The van der Waals surface area contributed by atoms with E-state index in [9.17, 15) is 13.5 Å². The Labute approximate surface area is 201 Å². The number of rotatable bonds is 6. The van der Waals surface area contributed by atoms with Crippen LogP contribution in [0.2, 0.25) is 0 Å². The van der Waals surface area contributed by atoms with Gasteiger partial charge in [-0.05, 0) is 31.2 Å². The zero-order valence-corrected chi connectivity index (χ0v) is 20.9. The number of nitrogens with zero attached hydrogens (tertiary/aromatic N) is 3. The molecule has 0 radical (unpaired) electrons. The molecule has 10 heteroatoms. The highest BCUT2D eigenvalue weighted by atomic mass is 127. The minimum absolute atomic E-state index is 0. The van der Waals surface area contributed by atoms with Crippen LogP contribution >= 0.6 is 24.0 Å². The number of phenols is 1. The second-order valence-electron chi connectivity index (χ2n) is 7.15. The minimum atomic E-state index is -3.52. The first-order chi connectivity index (χ1) is 14.4. The first-order valence-corrected chi connectivity index (χ1v) is 11.4. The Hall–Kier alpha value is -2.05. The second kappa shape index (κ2) is 11.5. The lowest BCUT2D eigenvalue weighted by Gasteiger charge is -2.37. The molecule has 0 aliphatic carbocycles. The third kappa shape index (κ3) is 6.71. The van der Waals surface area contributed by atoms with Gasteiger partial charge >= 0.3 is 0 Å². The SMILES string of the molecule is CN=C(NCCNS(=O)(=O)c1ccc(C)cc1)N1CCN(c2ccccc2O)CC1.I. The van der Waals surface area contributed by atoms with Gasteiger partial charge in [-0.2, -0.15) is 0 Å². The standard InChI is InChI=1S/C21H29N5O3S.HI/c1-17-7-9-18(10-8-17)30(28,29)24-12-11-23-21(22-2)26-15-13-25(14-16-26)19-5-3-4-6-20(19)27;/h3-10,24,27H,11-16H2,1-2H3,(H,22,23);1H. The molecule has 0 bridgehead atoms. The number of aryl methyl sites for hydroxylation is 1. The fraction of sp³-hybridized carbons (Fsp3) is 0.381. The highest BCUT2D eigenvalue weighted by Crippen LogP contribution is 2.27. The largest absolute Gasteiger partial charge is 0.506 e. The average Bonchev–Trinajstić information content (AvgIpc) is 2.75. The number of para-hydroxylation sites is 2. The summed E-state index contributed by atoms with van der Waals surface area (Å²) < 4.78 is 27.3. The van der Waals surface area contributed by atoms with Gasteiger partial charge in [0.15, 0.2) is 5.96 Å². The number of phenolic OH excluding ortho intramolecular Hbond substituents is 1. The van der Waals surface area contributed by atoms with Crippen LogP contribution in [0.15, 0.2) is 58.4 Å². The third-order valence-corrected chi connectivity index (χ3v) is 6.52. The summed E-state index contributed by atoms with van der Waals surface area (Å²) in [5.74, 6) is 1.02. The van der Waals surface area contributed by atoms with Gasteiger partial charge in [-0.3, -0.25) is 4.99 Å². The Morgan fingerprint density at radius 3 is 2.29 bits per heavy atom. The van der Waals surface area contributed by atoms with Crippen molar-refractivity contribution >= 4 is 45.6 Å². The maximum absolute atomic E-state index is 12.4. The Morgan fingerprint density at radius 1 is 1.03 bits per heavy atom. The maximum Gasteiger partial charge on any atom is 0.240 e. The summed E-state index contributed by atoms with van der Waals surface area (Å²) in [5.41, 5.74) is 1.85. The van der Waals surface area contributed by atoms with Gasteiger partial charge in [-0.25, -0.2) is 13.1 Å². The summed E-state index contributed by atoms with van der Waals surface area (Å²) in [7, 11) is -1.81. The molecule has 1 aliphatic rings. The minimum Gasteiger partial charge on any atom is -0.506 e. The zero-order chi connectivity index (χ0) is 21.6. The van der Waals surface area contributed by atoms with E-state index in [1.807, 2.05) is 25.1 Å². The lowest BCUT2D eigenvalue weighted by atomic mass is 10.2. The summed E-state index contributed by atoms with van der Waals surface area (Å²) >= 11 is 0. The molecule has 0 saturated carbocycles. The summed E-state index contributed by atoms with van der Waals surface area (Å²) in [6.45, 7) is 5.63. The molecule has 0 aromatic heterocycles. The van der Waals surface area contributed by atoms with E-state index >= 15 is 0 Å². The Balaban J connectivity index is 0.00000341. The summed E-state index contributed by atoms with van der Waals surface area (Å²) in [4.78, 5) is 8.85. The smallest absolute Gasteiger partial charge is 0.240 e. The lowest BCUT2D eigenvalue weighted by molar-refractivity contribution is 0.370. The molecule has 1 aliphatic heterocycles. The van der Waals surface area contributed by atoms with Gasteiger partial charge in [0, 0.05) is 46.3 Å². The number of piperazine rings is 1. The van der Waals surface area contributed by atoms with E-state index in [1.54, 1.807) is 37.4 Å². The number of hydrogen-bond donors (Lipinski definition) is 3. The van der Waals surface area contributed by atoms with Gasteiger partial charge in [0.2, 0.25) is 10.0 Å². The van der Waals surface area contributed by atoms with Crippen LogP contribution in [0.4, 0.5) is 5.69 Å². The quantitative estimate of drug-likeness (QED) is 0.217. The third-order valence-electron chi connectivity index (χ3n) is 5.04. The Morgan fingerprint density at radius 2 is 1.68 bits per heavy atom. The molecule has 0 atom stereocenters. The summed E-state index contributed by atoms with van der Waals surface area (Å²) in [5, 5.41) is 13.3. The highest BCUT2D eigenvalue weighted by molar-refractivity contribution is 14.0. The van der Waals surface area contributed by atoms with Crippen molar-refractivity contribution < 1.29 is 13.5 Å². The molecule has 2 aromatic carbocycles. The first-order valence-electron chi connectivity index (χ1n) is 9.95. The molecule has 31 heavy (non-hydrogen) atoms. The van der Waals surface area contributed by atoms with Crippen molar-refractivity contribution in [3.63, 3.8) is 0 Å². The van der Waals surface area contributed by atoms with Crippen LogP contribution in [0.25, 0.3) is 0 Å². The van der Waals surface area contributed by atoms with Crippen LogP contribution < -0.4 is 14.9 Å². The second-order valence-corrected chi connectivity index (χ2v) is 8.91. The van der Waals surface area contributed by atoms with E-state index in [0.29, 0.717) is 6.54 Å². The van der Waals surface area contributed by atoms with Crippen molar-refractivity contribution in [1.29, 1.82) is 0 Å². The fourth-order valence-electron chi connectivity index (χ4n) is 3.38. The van der Waals surface area contributed by atoms with Crippen molar-refractivity contribution in [2.45, 2.75) is 11.8 Å². The summed E-state index contributed by atoms with van der Waals surface area (Å²) in [6.07, 6.45) is 0. The molecule has 1 fully saturated rings. The maximum atomic E-state index is 12.4. The number of sulfonamides is 1. The molecule has 2 aromatic rings. The van der Waals surface area contributed by atoms with Crippen molar-refractivity contribution in [3.8, 4) is 5.75 Å². The van der Waals surface area contributed by atoms with Crippen LogP contribution in [-0.4, -0.2) is 70.7 Å². The molecule has 3 rings (SSSR count). The highest BCUT2D eigenvalue weighted by Gasteiger charge is 2.21. The molecule has 0 amide bonds. The van der Waals surface area contributed by atoms with Crippen molar-refractivity contribution in [3.05, 3.63) is 54.1 Å². The van der Waals surface area contributed by atoms with E-state index in [2.05, 4.69) is 24.8 Å². The summed E-state index contributed by atoms with van der Waals surface area (Å²) in [6, 6.07) is 14.1. The van der Waals surface area contributed by atoms with Gasteiger partial charge in [0.25, 0.3) is 0 Å². The van der Waals surface area contributed by atoms with Gasteiger partial charge in [0.1, 0.15) is 5.75 Å². The Kier molecular flexibility index (Phi) is 9.38. The van der Waals surface area contributed by atoms with Gasteiger partial charge < -0.3 is 20.2 Å². The van der Waals surface area contributed by atoms with Gasteiger partial charge in [-0.15, -0.1) is 24.0 Å². The van der Waals surface area contributed by atoms with Crippen molar-refractivity contribution in [1.82, 2.24) is 14.9 Å². The predicted octanol–water partition coefficient (Wildman–Crippen LogP) is 1.99. The molecule has 0 spiro atoms. The number of guanidine groups is 1. The van der Waals surface area contributed by atoms with E-state index < -0.39 is 10.0 Å². The van der Waals surface area contributed by atoms with Crippen LogP contribution in [0.3, 0.4) is 0 Å². The average molecular weight is 559 g/mol. The van der Waals surface area contributed by atoms with Gasteiger partial charge in [-0.1, -0.05) is 29.8 Å². The number of nitrogens with one attached hydrogen (secondary N) is 2. The van der Waals surface area contributed by atoms with E-state index in [1.165, 1.54) is 0 Å². The number of hydrogen-bond acceptors (Lipinski definition) is 5. The molecule has 0 unspecified atom stereocenters. The number of aromatic hydroxyl groups is 1. The number of benzene rings is 2.